The minimum atomic E-state index is -4.10. The first-order valence-electron chi connectivity index (χ1n) is 8.96. The van der Waals surface area contributed by atoms with E-state index in [9.17, 15) is 28.7 Å². The van der Waals surface area contributed by atoms with E-state index in [4.69, 9.17) is 4.74 Å². The van der Waals surface area contributed by atoms with Crippen LogP contribution in [0.3, 0.4) is 0 Å². The Hall–Kier alpha value is -4.32. The van der Waals surface area contributed by atoms with Crippen LogP contribution in [0.2, 0.25) is 0 Å². The van der Waals surface area contributed by atoms with E-state index in [1.54, 1.807) is 12.1 Å². The molecule has 0 bridgehead atoms. The number of nitro benzene ring substituents is 1. The number of hydrogen-bond donors (Lipinski definition) is 4. The van der Waals surface area contributed by atoms with Crippen LogP contribution < -0.4 is 14.9 Å². The van der Waals surface area contributed by atoms with Crippen LogP contribution in [-0.2, 0) is 10.0 Å². The molecule has 3 aromatic rings. The van der Waals surface area contributed by atoms with E-state index in [0.29, 0.717) is 5.75 Å². The number of nitrogens with one attached hydrogen (secondary N) is 2. The van der Waals surface area contributed by atoms with Crippen molar-refractivity contribution in [3.05, 3.63) is 76.3 Å². The largest absolute Gasteiger partial charge is 0.508 e. The van der Waals surface area contributed by atoms with Gasteiger partial charge >= 0.3 is 0 Å². The van der Waals surface area contributed by atoms with E-state index in [1.807, 2.05) is 0 Å². The molecule has 3 aromatic carbocycles. The van der Waals surface area contributed by atoms with Gasteiger partial charge in [0, 0.05) is 23.4 Å². The third-order valence-corrected chi connectivity index (χ3v) is 5.60. The van der Waals surface area contributed by atoms with Gasteiger partial charge in [-0.05, 0) is 48.5 Å². The molecule has 3 rings (SSSR count). The summed E-state index contributed by atoms with van der Waals surface area (Å²) in [5.74, 6) is 0.166. The van der Waals surface area contributed by atoms with Crippen molar-refractivity contribution in [1.82, 2.24) is 0 Å². The van der Waals surface area contributed by atoms with E-state index in [2.05, 4.69) is 15.2 Å². The first-order chi connectivity index (χ1) is 15.2. The van der Waals surface area contributed by atoms with E-state index in [0.717, 1.165) is 12.1 Å². The minimum absolute atomic E-state index is 0.0621. The lowest BCUT2D eigenvalue weighted by molar-refractivity contribution is -0.384. The number of rotatable bonds is 8. The van der Waals surface area contributed by atoms with Crippen LogP contribution in [0.4, 0.5) is 17.1 Å². The quantitative estimate of drug-likeness (QED) is 0.227. The number of benzene rings is 3. The molecule has 4 N–H and O–H groups in total. The van der Waals surface area contributed by atoms with Gasteiger partial charge in [0.25, 0.3) is 15.7 Å². The minimum Gasteiger partial charge on any atom is -0.508 e. The first kappa shape index (κ1) is 22.4. The third kappa shape index (κ3) is 5.23. The normalized spacial score (nSPS) is 11.3. The fourth-order valence-corrected chi connectivity index (χ4v) is 3.69. The number of phenols is 2. The molecule has 0 saturated carbocycles. The molecule has 0 fully saturated rings. The van der Waals surface area contributed by atoms with E-state index >= 15 is 0 Å². The summed E-state index contributed by atoms with van der Waals surface area (Å²) in [6.07, 6.45) is 1.19. The Labute approximate surface area is 182 Å². The number of sulfonamides is 1. The van der Waals surface area contributed by atoms with Gasteiger partial charge in [-0.15, -0.1) is 0 Å². The maximum Gasteiger partial charge on any atom is 0.295 e. The molecule has 0 heterocycles. The molecule has 166 valence electrons. The summed E-state index contributed by atoms with van der Waals surface area (Å²) in [6, 6.07) is 13.3. The Morgan fingerprint density at radius 3 is 2.41 bits per heavy atom. The average molecular weight is 458 g/mol. The monoisotopic (exact) mass is 458 g/mol. The molecule has 0 aliphatic carbocycles. The molecule has 0 aliphatic rings. The number of hydrogen-bond acceptors (Lipinski definition) is 9. The fourth-order valence-electron chi connectivity index (χ4n) is 2.61. The van der Waals surface area contributed by atoms with E-state index < -0.39 is 20.6 Å². The molecule has 0 radical (unpaired) electrons. The number of aromatic hydroxyl groups is 2. The van der Waals surface area contributed by atoms with Crippen molar-refractivity contribution >= 4 is 33.3 Å². The predicted octanol–water partition coefficient (Wildman–Crippen LogP) is 3.26. The number of ether oxygens (including phenoxy) is 1. The van der Waals surface area contributed by atoms with Gasteiger partial charge in [0.05, 0.1) is 23.1 Å². The summed E-state index contributed by atoms with van der Waals surface area (Å²) >= 11 is 0. The number of phenolic OH excluding ortho intramolecular Hbond substituents is 2. The topological polar surface area (TPSA) is 163 Å². The van der Waals surface area contributed by atoms with Crippen molar-refractivity contribution in [1.29, 1.82) is 0 Å². The van der Waals surface area contributed by atoms with Gasteiger partial charge in [0.1, 0.15) is 22.9 Å². The van der Waals surface area contributed by atoms with Crippen molar-refractivity contribution < 1.29 is 28.3 Å². The maximum atomic E-state index is 12.6. The van der Waals surface area contributed by atoms with E-state index in [-0.39, 0.29) is 33.3 Å². The van der Waals surface area contributed by atoms with Crippen molar-refractivity contribution in [2.45, 2.75) is 4.90 Å². The number of hydrazone groups is 1. The van der Waals surface area contributed by atoms with Gasteiger partial charge < -0.3 is 14.9 Å². The summed E-state index contributed by atoms with van der Waals surface area (Å²) in [5.41, 5.74) is 2.38. The lowest BCUT2D eigenvalue weighted by Crippen LogP contribution is -2.13. The van der Waals surface area contributed by atoms with Crippen molar-refractivity contribution in [3.8, 4) is 17.2 Å². The van der Waals surface area contributed by atoms with Crippen LogP contribution in [-0.4, -0.2) is 36.9 Å². The standard InChI is InChI=1S/C20H18N4O7S/c1-31-16-6-3-14(4-7-16)23-32(29,30)17-8-9-18(19(11-17)24(27)28)22-21-12-13-2-5-15(25)10-20(13)26/h2-12,22-23,25-26H,1H3/b21-12+. The predicted molar refractivity (Wildman–Crippen MR) is 118 cm³/mol. The highest BCUT2D eigenvalue weighted by atomic mass is 32.2. The van der Waals surface area contributed by atoms with Gasteiger partial charge in [-0.1, -0.05) is 0 Å². The molecule has 0 aliphatic heterocycles. The molecule has 0 unspecified atom stereocenters. The van der Waals surface area contributed by atoms with E-state index in [1.165, 1.54) is 49.7 Å². The summed E-state index contributed by atoms with van der Waals surface area (Å²) in [5, 5.41) is 34.3. The zero-order chi connectivity index (χ0) is 23.3. The van der Waals surface area contributed by atoms with Gasteiger partial charge in [0.2, 0.25) is 0 Å². The zero-order valence-electron chi connectivity index (χ0n) is 16.6. The maximum absolute atomic E-state index is 12.6. The van der Waals surface area contributed by atoms with Gasteiger partial charge in [-0.2, -0.15) is 5.10 Å². The Kier molecular flexibility index (Phi) is 6.45. The molecular formula is C20H18N4O7S. The van der Waals surface area contributed by atoms with Crippen LogP contribution in [0.5, 0.6) is 17.2 Å². The summed E-state index contributed by atoms with van der Waals surface area (Å²) in [6.45, 7) is 0. The second kappa shape index (κ2) is 9.22. The molecular weight excluding hydrogens is 440 g/mol. The smallest absolute Gasteiger partial charge is 0.295 e. The summed E-state index contributed by atoms with van der Waals surface area (Å²) in [4.78, 5) is 10.4. The summed E-state index contributed by atoms with van der Waals surface area (Å²) in [7, 11) is -2.62. The molecule has 0 saturated heterocycles. The SMILES string of the molecule is COc1ccc(NS(=O)(=O)c2ccc(N/N=C/c3ccc(O)cc3O)c([N+](=O)[O-])c2)cc1. The number of nitro groups is 1. The lowest BCUT2D eigenvalue weighted by atomic mass is 10.2. The van der Waals surface area contributed by atoms with Crippen molar-refractivity contribution in [2.24, 2.45) is 5.10 Å². The van der Waals surface area contributed by atoms with Crippen molar-refractivity contribution in [2.75, 3.05) is 17.3 Å². The molecule has 32 heavy (non-hydrogen) atoms. The Morgan fingerprint density at radius 1 is 1.06 bits per heavy atom. The van der Waals surface area contributed by atoms with Crippen LogP contribution in [0, 0.1) is 10.1 Å². The van der Waals surface area contributed by atoms with Gasteiger partial charge in [-0.25, -0.2) is 8.42 Å². The van der Waals surface area contributed by atoms with Gasteiger partial charge in [-0.3, -0.25) is 20.3 Å². The molecule has 0 amide bonds. The van der Waals surface area contributed by atoms with Gasteiger partial charge in [0.15, 0.2) is 0 Å². The van der Waals surface area contributed by atoms with Crippen molar-refractivity contribution in [3.63, 3.8) is 0 Å². The Bertz CT molecular complexity index is 1280. The first-order valence-corrected chi connectivity index (χ1v) is 10.4. The highest BCUT2D eigenvalue weighted by Gasteiger charge is 2.21. The molecule has 0 atom stereocenters. The molecule has 0 spiro atoms. The average Bonchev–Trinajstić information content (AvgIpc) is 2.75. The Balaban J connectivity index is 1.83. The number of anilines is 2. The highest BCUT2D eigenvalue weighted by molar-refractivity contribution is 7.92. The van der Waals surface area contributed by atoms with Crippen LogP contribution in [0.15, 0.2) is 70.7 Å². The second-order valence-corrected chi connectivity index (χ2v) is 8.07. The highest BCUT2D eigenvalue weighted by Crippen LogP contribution is 2.29. The zero-order valence-corrected chi connectivity index (χ0v) is 17.4. The molecule has 0 aromatic heterocycles. The van der Waals surface area contributed by atoms with Crippen LogP contribution >= 0.6 is 0 Å². The van der Waals surface area contributed by atoms with Crippen LogP contribution in [0.25, 0.3) is 0 Å². The molecule has 12 heteroatoms. The fraction of sp³-hybridized carbons (Fsp3) is 0.0500. The second-order valence-electron chi connectivity index (χ2n) is 6.38. The Morgan fingerprint density at radius 2 is 1.78 bits per heavy atom. The van der Waals surface area contributed by atoms with Crippen LogP contribution in [0.1, 0.15) is 5.56 Å². The number of methoxy groups -OCH3 is 1. The lowest BCUT2D eigenvalue weighted by Gasteiger charge is -2.10. The summed E-state index contributed by atoms with van der Waals surface area (Å²) < 4.78 is 32.6. The number of nitrogens with zero attached hydrogens (tertiary/aromatic N) is 2. The molecule has 11 nitrogen and oxygen atoms in total. The third-order valence-electron chi connectivity index (χ3n) is 4.22.